The van der Waals surface area contributed by atoms with Gasteiger partial charge in [0, 0.05) is 25.2 Å². The maximum Gasteiger partial charge on any atom is 0.0453 e. The summed E-state index contributed by atoms with van der Waals surface area (Å²) in [5.74, 6) is 0. The molecule has 1 aliphatic heterocycles. The van der Waals surface area contributed by atoms with Gasteiger partial charge in [0.15, 0.2) is 0 Å². The highest BCUT2D eigenvalue weighted by Crippen LogP contribution is 2.19. The van der Waals surface area contributed by atoms with Crippen LogP contribution in [0.25, 0.3) is 0 Å². The molecule has 0 unspecified atom stereocenters. The molecule has 0 radical (unpaired) electrons. The number of allylic oxidation sites excluding steroid dienone is 1. The van der Waals surface area contributed by atoms with Crippen molar-refractivity contribution in [3.05, 3.63) is 23.4 Å². The van der Waals surface area contributed by atoms with Gasteiger partial charge in [0.1, 0.15) is 0 Å². The zero-order chi connectivity index (χ0) is 9.68. The summed E-state index contributed by atoms with van der Waals surface area (Å²) in [5, 5.41) is 0. The second-order valence-electron chi connectivity index (χ2n) is 3.25. The Bertz CT molecular complexity index is 238. The van der Waals surface area contributed by atoms with Crippen molar-refractivity contribution in [3.63, 3.8) is 0 Å². The lowest BCUT2D eigenvalue weighted by molar-refractivity contribution is 0.303. The van der Waals surface area contributed by atoms with E-state index in [-0.39, 0.29) is 0 Å². The molecule has 0 aliphatic carbocycles. The van der Waals surface area contributed by atoms with E-state index < -0.39 is 0 Å². The lowest BCUT2D eigenvalue weighted by Gasteiger charge is -2.26. The molecule has 0 amide bonds. The second kappa shape index (κ2) is 4.97. The van der Waals surface area contributed by atoms with E-state index in [1.807, 2.05) is 6.92 Å². The predicted octanol–water partition coefficient (Wildman–Crippen LogP) is 2.24. The second-order valence-corrected chi connectivity index (χ2v) is 3.25. The highest BCUT2D eigenvalue weighted by molar-refractivity contribution is 5.36. The molecule has 2 heteroatoms. The van der Waals surface area contributed by atoms with E-state index in [1.165, 1.54) is 11.3 Å². The minimum Gasteiger partial charge on any atom is -0.299 e. The first-order valence-electron chi connectivity index (χ1n) is 4.85. The Morgan fingerprint density at radius 3 is 2.92 bits per heavy atom. The van der Waals surface area contributed by atoms with Gasteiger partial charge in [-0.3, -0.25) is 9.89 Å². The van der Waals surface area contributed by atoms with Crippen LogP contribution in [0.1, 0.15) is 20.3 Å². The van der Waals surface area contributed by atoms with E-state index in [1.54, 1.807) is 0 Å². The van der Waals surface area contributed by atoms with E-state index in [9.17, 15) is 0 Å². The van der Waals surface area contributed by atoms with Crippen molar-refractivity contribution in [2.45, 2.75) is 20.3 Å². The van der Waals surface area contributed by atoms with Crippen LogP contribution in [-0.4, -0.2) is 31.3 Å². The van der Waals surface area contributed by atoms with Gasteiger partial charge in [0.05, 0.1) is 0 Å². The minimum absolute atomic E-state index is 1.02. The summed E-state index contributed by atoms with van der Waals surface area (Å²) in [6.45, 7) is 11.1. The van der Waals surface area contributed by atoms with Crippen molar-refractivity contribution in [1.82, 2.24) is 4.90 Å². The Morgan fingerprint density at radius 2 is 2.38 bits per heavy atom. The van der Waals surface area contributed by atoms with E-state index in [2.05, 4.69) is 35.7 Å². The molecule has 0 aromatic heterocycles. The highest BCUT2D eigenvalue weighted by atomic mass is 15.1. The van der Waals surface area contributed by atoms with Gasteiger partial charge in [-0.15, -0.1) is 0 Å². The molecule has 72 valence electrons. The summed E-state index contributed by atoms with van der Waals surface area (Å²) >= 11 is 0. The largest absolute Gasteiger partial charge is 0.299 e. The molecule has 1 heterocycles. The molecule has 0 fully saturated rings. The molecule has 0 spiro atoms. The van der Waals surface area contributed by atoms with Crippen LogP contribution in [0.5, 0.6) is 0 Å². The summed E-state index contributed by atoms with van der Waals surface area (Å²) < 4.78 is 0. The summed E-state index contributed by atoms with van der Waals surface area (Å²) in [7, 11) is 0. The molecule has 2 nitrogen and oxygen atoms in total. The summed E-state index contributed by atoms with van der Waals surface area (Å²) in [5.41, 5.74) is 2.49. The summed E-state index contributed by atoms with van der Waals surface area (Å²) in [6, 6.07) is 0. The third-order valence-electron chi connectivity index (χ3n) is 2.44. The van der Waals surface area contributed by atoms with Gasteiger partial charge >= 0.3 is 0 Å². The van der Waals surface area contributed by atoms with Gasteiger partial charge in [-0.2, -0.15) is 0 Å². The summed E-state index contributed by atoms with van der Waals surface area (Å²) in [6.07, 6.45) is 5.25. The highest BCUT2D eigenvalue weighted by Gasteiger charge is 2.14. The lowest BCUT2D eigenvalue weighted by Crippen LogP contribution is -2.30. The molecular weight excluding hydrogens is 160 g/mol. The third-order valence-corrected chi connectivity index (χ3v) is 2.44. The molecule has 1 aliphatic rings. The van der Waals surface area contributed by atoms with Crippen LogP contribution in [0, 0.1) is 0 Å². The Morgan fingerprint density at radius 1 is 1.62 bits per heavy atom. The number of nitrogens with zero attached hydrogens (tertiary/aromatic N) is 2. The topological polar surface area (TPSA) is 15.6 Å². The van der Waals surface area contributed by atoms with E-state index in [0.29, 0.717) is 0 Å². The maximum absolute atomic E-state index is 4.07. The van der Waals surface area contributed by atoms with E-state index in [4.69, 9.17) is 0 Å². The van der Waals surface area contributed by atoms with Crippen molar-refractivity contribution < 1.29 is 0 Å². The fourth-order valence-corrected chi connectivity index (χ4v) is 1.64. The molecular formula is C11H18N2. The van der Waals surface area contributed by atoms with Crippen molar-refractivity contribution >= 4 is 6.72 Å². The van der Waals surface area contributed by atoms with Crippen LogP contribution in [0.2, 0.25) is 0 Å². The van der Waals surface area contributed by atoms with Crippen LogP contribution in [0.4, 0.5) is 0 Å². The predicted molar refractivity (Wildman–Crippen MR) is 58.1 cm³/mol. The fourth-order valence-electron chi connectivity index (χ4n) is 1.64. The zero-order valence-electron chi connectivity index (χ0n) is 8.58. The molecule has 0 aromatic carbocycles. The van der Waals surface area contributed by atoms with Gasteiger partial charge in [-0.1, -0.05) is 19.1 Å². The molecule has 0 aromatic rings. The van der Waals surface area contributed by atoms with Crippen LogP contribution in [0.3, 0.4) is 0 Å². The van der Waals surface area contributed by atoms with Crippen LogP contribution >= 0.6 is 0 Å². The van der Waals surface area contributed by atoms with Crippen molar-refractivity contribution in [2.75, 3.05) is 19.6 Å². The average molecular weight is 178 g/mol. The van der Waals surface area contributed by atoms with Crippen LogP contribution in [0.15, 0.2) is 28.4 Å². The van der Waals surface area contributed by atoms with Gasteiger partial charge in [-0.25, -0.2) is 0 Å². The van der Waals surface area contributed by atoms with E-state index in [0.717, 1.165) is 26.1 Å². The van der Waals surface area contributed by atoms with Crippen molar-refractivity contribution in [2.24, 2.45) is 4.99 Å². The Balaban J connectivity index is 2.79. The Kier molecular flexibility index (Phi) is 3.90. The molecule has 0 saturated heterocycles. The third kappa shape index (κ3) is 2.52. The SMILES string of the molecule is C=NC1=C(/C=C\C)CN(CC)CC1. The Labute approximate surface area is 80.7 Å². The quantitative estimate of drug-likeness (QED) is 0.605. The zero-order valence-corrected chi connectivity index (χ0v) is 8.58. The number of rotatable bonds is 3. The first-order chi connectivity index (χ1) is 6.31. The minimum atomic E-state index is 1.02. The van der Waals surface area contributed by atoms with Crippen molar-refractivity contribution in [1.29, 1.82) is 0 Å². The molecule has 0 saturated carbocycles. The molecule has 1 rings (SSSR count). The van der Waals surface area contributed by atoms with Gasteiger partial charge in [0.25, 0.3) is 0 Å². The van der Waals surface area contributed by atoms with Gasteiger partial charge in [-0.05, 0) is 25.8 Å². The standard InChI is InChI=1S/C11H18N2/c1-4-6-10-9-13(5-2)8-7-11(10)12-3/h4,6H,3,5,7-9H2,1-2H3/b6-4-. The van der Waals surface area contributed by atoms with Gasteiger partial charge < -0.3 is 0 Å². The molecule has 0 bridgehead atoms. The Hall–Kier alpha value is -0.890. The smallest absolute Gasteiger partial charge is 0.0453 e. The van der Waals surface area contributed by atoms with Crippen LogP contribution < -0.4 is 0 Å². The van der Waals surface area contributed by atoms with Gasteiger partial charge in [0.2, 0.25) is 0 Å². The first-order valence-corrected chi connectivity index (χ1v) is 4.85. The molecule has 0 atom stereocenters. The van der Waals surface area contributed by atoms with Crippen molar-refractivity contribution in [3.8, 4) is 0 Å². The average Bonchev–Trinajstić information content (AvgIpc) is 2.18. The molecule has 0 N–H and O–H groups in total. The normalized spacial score (nSPS) is 19.8. The number of hydrogen-bond acceptors (Lipinski definition) is 2. The lowest BCUT2D eigenvalue weighted by atomic mass is 10.1. The number of aliphatic imine (C=N–C) groups is 1. The monoisotopic (exact) mass is 178 g/mol. The number of hydrogen-bond donors (Lipinski definition) is 0. The van der Waals surface area contributed by atoms with E-state index >= 15 is 0 Å². The first kappa shape index (κ1) is 10.2. The number of likely N-dealkylation sites (N-methyl/N-ethyl adjacent to an activating group) is 1. The van der Waals surface area contributed by atoms with Crippen LogP contribution in [-0.2, 0) is 0 Å². The molecule has 13 heavy (non-hydrogen) atoms. The fraction of sp³-hybridized carbons (Fsp3) is 0.545. The maximum atomic E-state index is 4.07. The summed E-state index contributed by atoms with van der Waals surface area (Å²) in [4.78, 5) is 6.49.